The highest BCUT2D eigenvalue weighted by atomic mass is 79.9. The molecule has 1 amide bonds. The van der Waals surface area contributed by atoms with Crippen LogP contribution in [0.3, 0.4) is 0 Å². The second-order valence-electron chi connectivity index (χ2n) is 5.38. The van der Waals surface area contributed by atoms with E-state index in [0.717, 1.165) is 15.4 Å². The van der Waals surface area contributed by atoms with Crippen molar-refractivity contribution in [2.75, 3.05) is 5.32 Å². The van der Waals surface area contributed by atoms with E-state index in [2.05, 4.69) is 37.2 Å². The fourth-order valence-corrected chi connectivity index (χ4v) is 4.07. The number of hydrogen-bond acceptors (Lipinski definition) is 2. The van der Waals surface area contributed by atoms with Crippen molar-refractivity contribution >= 4 is 49.4 Å². The number of carboxylic acids is 1. The third kappa shape index (κ3) is 3.66. The fraction of sp³-hybridized carbons (Fsp3) is 0.467. The first kappa shape index (κ1) is 16.5. The van der Waals surface area contributed by atoms with Crippen molar-refractivity contribution in [2.45, 2.75) is 26.2 Å². The predicted molar refractivity (Wildman–Crippen MR) is 88.1 cm³/mol. The highest BCUT2D eigenvalue weighted by Crippen LogP contribution is 2.40. The summed E-state index contributed by atoms with van der Waals surface area (Å²) in [6.07, 6.45) is 2.13. The lowest BCUT2D eigenvalue weighted by atomic mass is 9.95. The van der Waals surface area contributed by atoms with Gasteiger partial charge in [-0.1, -0.05) is 19.4 Å². The second kappa shape index (κ2) is 6.92. The Kier molecular flexibility index (Phi) is 5.43. The van der Waals surface area contributed by atoms with Crippen LogP contribution in [0.4, 0.5) is 5.69 Å². The van der Waals surface area contributed by atoms with Gasteiger partial charge in [-0.3, -0.25) is 9.59 Å². The van der Waals surface area contributed by atoms with E-state index in [1.807, 2.05) is 25.1 Å². The third-order valence-corrected chi connectivity index (χ3v) is 5.42. The van der Waals surface area contributed by atoms with Gasteiger partial charge in [0, 0.05) is 8.95 Å². The van der Waals surface area contributed by atoms with Gasteiger partial charge in [-0.05, 0) is 62.8 Å². The Morgan fingerprint density at radius 3 is 2.33 bits per heavy atom. The Balaban J connectivity index is 2.17. The molecule has 0 spiro atoms. The minimum absolute atomic E-state index is 0.217. The van der Waals surface area contributed by atoms with Gasteiger partial charge >= 0.3 is 5.97 Å². The summed E-state index contributed by atoms with van der Waals surface area (Å²) in [5, 5.41) is 12.2. The number of nitrogens with one attached hydrogen (secondary N) is 1. The number of carbonyl (C=O) groups is 2. The van der Waals surface area contributed by atoms with E-state index in [1.165, 1.54) is 0 Å². The first-order valence-corrected chi connectivity index (χ1v) is 8.50. The minimum atomic E-state index is -0.878. The number of hydrogen-bond donors (Lipinski definition) is 2. The number of aliphatic carboxylic acids is 1. The van der Waals surface area contributed by atoms with Gasteiger partial charge in [-0.15, -0.1) is 0 Å². The Morgan fingerprint density at radius 2 is 1.81 bits per heavy atom. The van der Waals surface area contributed by atoms with Crippen molar-refractivity contribution < 1.29 is 14.7 Å². The van der Waals surface area contributed by atoms with Crippen molar-refractivity contribution in [1.82, 2.24) is 0 Å². The molecule has 0 aliphatic heterocycles. The lowest BCUT2D eigenvalue weighted by Crippen LogP contribution is -2.30. The predicted octanol–water partition coefficient (Wildman–Crippen LogP) is 4.29. The largest absolute Gasteiger partial charge is 0.481 e. The van der Waals surface area contributed by atoms with Gasteiger partial charge in [0.15, 0.2) is 0 Å². The van der Waals surface area contributed by atoms with Gasteiger partial charge < -0.3 is 10.4 Å². The molecule has 4 nitrogen and oxygen atoms in total. The summed E-state index contributed by atoms with van der Waals surface area (Å²) in [4.78, 5) is 23.8. The molecule has 114 valence electrons. The standard InChI is InChI=1S/C15H17Br2NO3/c1-2-8-6-9(10(7-8)15(20)21)14(19)18-13-11(16)4-3-5-12(13)17/h3-5,8-10H,2,6-7H2,1H3,(H,18,19)(H,20,21)/t8?,9-,10+/m0/s1. The van der Waals surface area contributed by atoms with E-state index in [4.69, 9.17) is 0 Å². The Morgan fingerprint density at radius 1 is 1.24 bits per heavy atom. The quantitative estimate of drug-likeness (QED) is 0.766. The van der Waals surface area contributed by atoms with E-state index in [9.17, 15) is 14.7 Å². The van der Waals surface area contributed by atoms with Gasteiger partial charge in [0.05, 0.1) is 17.5 Å². The zero-order chi connectivity index (χ0) is 15.6. The van der Waals surface area contributed by atoms with Crippen LogP contribution in [-0.2, 0) is 9.59 Å². The fourth-order valence-electron chi connectivity index (χ4n) is 2.87. The molecule has 1 unspecified atom stereocenters. The van der Waals surface area contributed by atoms with E-state index in [1.54, 1.807) is 0 Å². The smallest absolute Gasteiger partial charge is 0.307 e. The zero-order valence-corrected chi connectivity index (χ0v) is 14.8. The van der Waals surface area contributed by atoms with E-state index >= 15 is 0 Å². The van der Waals surface area contributed by atoms with Crippen LogP contribution in [0, 0.1) is 17.8 Å². The Hall–Kier alpha value is -0.880. The molecule has 3 atom stereocenters. The summed E-state index contributed by atoms with van der Waals surface area (Å²) in [5.41, 5.74) is 0.645. The molecule has 21 heavy (non-hydrogen) atoms. The van der Waals surface area contributed by atoms with Crippen molar-refractivity contribution in [3.8, 4) is 0 Å². The highest BCUT2D eigenvalue weighted by molar-refractivity contribution is 9.11. The van der Waals surface area contributed by atoms with Crippen LogP contribution in [0.2, 0.25) is 0 Å². The van der Waals surface area contributed by atoms with Crippen LogP contribution in [0.1, 0.15) is 26.2 Å². The molecule has 0 radical (unpaired) electrons. The molecular weight excluding hydrogens is 402 g/mol. The molecule has 1 aliphatic rings. The van der Waals surface area contributed by atoms with Gasteiger partial charge in [0.1, 0.15) is 0 Å². The normalized spacial score (nSPS) is 24.8. The molecule has 0 bridgehead atoms. The number of benzene rings is 1. The average Bonchev–Trinajstić information content (AvgIpc) is 2.87. The summed E-state index contributed by atoms with van der Waals surface area (Å²) in [6.45, 7) is 2.04. The lowest BCUT2D eigenvalue weighted by molar-refractivity contribution is -0.145. The van der Waals surface area contributed by atoms with Crippen molar-refractivity contribution in [3.63, 3.8) is 0 Å². The maximum Gasteiger partial charge on any atom is 0.307 e. The highest BCUT2D eigenvalue weighted by Gasteiger charge is 2.42. The van der Waals surface area contributed by atoms with Crippen LogP contribution in [0.25, 0.3) is 0 Å². The van der Waals surface area contributed by atoms with Gasteiger partial charge in [-0.2, -0.15) is 0 Å². The molecule has 6 heteroatoms. The van der Waals surface area contributed by atoms with E-state index in [-0.39, 0.29) is 5.91 Å². The second-order valence-corrected chi connectivity index (χ2v) is 7.09. The minimum Gasteiger partial charge on any atom is -0.481 e. The molecule has 1 aromatic carbocycles. The number of carbonyl (C=O) groups excluding carboxylic acids is 1. The first-order valence-electron chi connectivity index (χ1n) is 6.91. The lowest BCUT2D eigenvalue weighted by Gasteiger charge is -2.17. The van der Waals surface area contributed by atoms with Gasteiger partial charge in [0.2, 0.25) is 5.91 Å². The molecule has 2 N–H and O–H groups in total. The van der Waals surface area contributed by atoms with Crippen LogP contribution in [0.15, 0.2) is 27.1 Å². The number of carboxylic acid groups (broad SMARTS) is 1. The zero-order valence-electron chi connectivity index (χ0n) is 11.6. The van der Waals surface area contributed by atoms with Crippen molar-refractivity contribution in [2.24, 2.45) is 17.8 Å². The molecule has 0 saturated heterocycles. The third-order valence-electron chi connectivity index (χ3n) is 4.10. The SMILES string of the molecule is CCC1C[C@H](C(=O)Nc2c(Br)cccc2Br)[C@H](C(=O)O)C1. The molecule has 1 aliphatic carbocycles. The average molecular weight is 419 g/mol. The molecule has 0 aromatic heterocycles. The maximum absolute atomic E-state index is 12.5. The monoisotopic (exact) mass is 417 g/mol. The van der Waals surface area contributed by atoms with Crippen LogP contribution in [-0.4, -0.2) is 17.0 Å². The number of halogens is 2. The van der Waals surface area contributed by atoms with Gasteiger partial charge in [-0.25, -0.2) is 0 Å². The molecular formula is C15H17Br2NO3. The molecule has 0 heterocycles. The van der Waals surface area contributed by atoms with Crippen LogP contribution >= 0.6 is 31.9 Å². The summed E-state index contributed by atoms with van der Waals surface area (Å²) in [5.74, 6) is -1.84. The topological polar surface area (TPSA) is 66.4 Å². The summed E-state index contributed by atoms with van der Waals surface area (Å²) < 4.78 is 1.53. The molecule has 2 rings (SSSR count). The molecule has 1 saturated carbocycles. The van der Waals surface area contributed by atoms with E-state index in [0.29, 0.717) is 24.4 Å². The summed E-state index contributed by atoms with van der Waals surface area (Å²) in [7, 11) is 0. The Labute approximate surface area is 140 Å². The van der Waals surface area contributed by atoms with Crippen LogP contribution < -0.4 is 5.32 Å². The van der Waals surface area contributed by atoms with E-state index < -0.39 is 17.8 Å². The van der Waals surface area contributed by atoms with Crippen molar-refractivity contribution in [1.29, 1.82) is 0 Å². The first-order chi connectivity index (χ1) is 9.93. The van der Waals surface area contributed by atoms with Crippen LogP contribution in [0.5, 0.6) is 0 Å². The number of amides is 1. The molecule has 1 aromatic rings. The van der Waals surface area contributed by atoms with Gasteiger partial charge in [0.25, 0.3) is 0 Å². The summed E-state index contributed by atoms with van der Waals surface area (Å²) in [6, 6.07) is 5.52. The number of anilines is 1. The number of para-hydroxylation sites is 1. The summed E-state index contributed by atoms with van der Waals surface area (Å²) >= 11 is 6.79. The molecule has 1 fully saturated rings. The van der Waals surface area contributed by atoms with Crippen molar-refractivity contribution in [3.05, 3.63) is 27.1 Å². The Bertz CT molecular complexity index is 542. The number of rotatable bonds is 4. The maximum atomic E-state index is 12.5.